The lowest BCUT2D eigenvalue weighted by molar-refractivity contribution is -0.388. The molecular formula is C13H17F3N2O2. The van der Waals surface area contributed by atoms with Crippen LogP contribution in [0.1, 0.15) is 33.3 Å². The quantitative estimate of drug-likeness (QED) is 0.660. The van der Waals surface area contributed by atoms with Crippen molar-refractivity contribution in [2.75, 3.05) is 5.32 Å². The van der Waals surface area contributed by atoms with Gasteiger partial charge in [0.1, 0.15) is 5.56 Å². The molecule has 0 amide bonds. The number of nitrogens with one attached hydrogen (secondary N) is 1. The Bertz CT molecular complexity index is 507. The standard InChI is InChI=1S/C13H17F3N2O2/c1-8(12(2,3)4)17-9-5-6-11(18(19)20)10(7-9)13(14,15)16/h5-8,17H,1-4H3. The lowest BCUT2D eigenvalue weighted by atomic mass is 9.88. The van der Waals surface area contributed by atoms with Gasteiger partial charge in [-0.25, -0.2) is 0 Å². The second-order valence-corrected chi connectivity index (χ2v) is 5.72. The van der Waals surface area contributed by atoms with Crippen molar-refractivity contribution in [1.29, 1.82) is 0 Å². The number of nitro groups is 1. The number of rotatable bonds is 3. The minimum Gasteiger partial charge on any atom is -0.382 e. The molecule has 1 atom stereocenters. The zero-order valence-corrected chi connectivity index (χ0v) is 11.7. The molecule has 0 spiro atoms. The normalized spacial score (nSPS) is 13.9. The van der Waals surface area contributed by atoms with Gasteiger partial charge in [0.25, 0.3) is 5.69 Å². The average Bonchev–Trinajstić information content (AvgIpc) is 2.26. The first-order valence-corrected chi connectivity index (χ1v) is 6.05. The summed E-state index contributed by atoms with van der Waals surface area (Å²) in [6, 6.07) is 2.85. The summed E-state index contributed by atoms with van der Waals surface area (Å²) in [4.78, 5) is 9.62. The fourth-order valence-corrected chi connectivity index (χ4v) is 1.48. The summed E-state index contributed by atoms with van der Waals surface area (Å²) >= 11 is 0. The van der Waals surface area contributed by atoms with Crippen LogP contribution in [0.4, 0.5) is 24.5 Å². The van der Waals surface area contributed by atoms with Crippen LogP contribution in [-0.2, 0) is 6.18 Å². The first-order valence-electron chi connectivity index (χ1n) is 6.05. The van der Waals surface area contributed by atoms with Gasteiger partial charge in [0, 0.05) is 17.8 Å². The van der Waals surface area contributed by atoms with E-state index in [9.17, 15) is 23.3 Å². The number of anilines is 1. The van der Waals surface area contributed by atoms with Crippen LogP contribution in [0.3, 0.4) is 0 Å². The van der Waals surface area contributed by atoms with Gasteiger partial charge in [-0.1, -0.05) is 20.8 Å². The molecule has 20 heavy (non-hydrogen) atoms. The second kappa shape index (κ2) is 5.30. The van der Waals surface area contributed by atoms with E-state index in [0.717, 1.165) is 12.1 Å². The molecule has 0 saturated carbocycles. The van der Waals surface area contributed by atoms with Gasteiger partial charge in [0.2, 0.25) is 0 Å². The molecule has 0 saturated heterocycles. The van der Waals surface area contributed by atoms with E-state index < -0.39 is 22.4 Å². The Balaban J connectivity index is 3.17. The Morgan fingerprint density at radius 3 is 2.20 bits per heavy atom. The molecule has 0 heterocycles. The van der Waals surface area contributed by atoms with Gasteiger partial charge in [-0.05, 0) is 24.5 Å². The number of nitrogens with zero attached hydrogens (tertiary/aromatic N) is 1. The van der Waals surface area contributed by atoms with Crippen molar-refractivity contribution in [3.8, 4) is 0 Å². The predicted molar refractivity (Wildman–Crippen MR) is 70.6 cm³/mol. The highest BCUT2D eigenvalue weighted by atomic mass is 19.4. The minimum atomic E-state index is -4.76. The zero-order valence-electron chi connectivity index (χ0n) is 11.7. The summed E-state index contributed by atoms with van der Waals surface area (Å²) in [7, 11) is 0. The van der Waals surface area contributed by atoms with E-state index in [-0.39, 0.29) is 17.1 Å². The fraction of sp³-hybridized carbons (Fsp3) is 0.538. The molecule has 4 nitrogen and oxygen atoms in total. The average molecular weight is 290 g/mol. The smallest absolute Gasteiger partial charge is 0.382 e. The van der Waals surface area contributed by atoms with E-state index in [2.05, 4.69) is 5.32 Å². The summed E-state index contributed by atoms with van der Waals surface area (Å²) in [6.07, 6.45) is -4.76. The molecule has 0 aliphatic rings. The molecule has 0 aliphatic carbocycles. The number of alkyl halides is 3. The van der Waals surface area contributed by atoms with Crippen LogP contribution in [0.5, 0.6) is 0 Å². The summed E-state index contributed by atoms with van der Waals surface area (Å²) in [5.74, 6) is 0. The van der Waals surface area contributed by atoms with E-state index >= 15 is 0 Å². The van der Waals surface area contributed by atoms with Crippen LogP contribution < -0.4 is 5.32 Å². The number of nitro benzene ring substituents is 1. The van der Waals surface area contributed by atoms with Crippen LogP contribution in [0.25, 0.3) is 0 Å². The molecule has 0 radical (unpaired) electrons. The lowest BCUT2D eigenvalue weighted by Crippen LogP contribution is -2.30. The molecule has 1 aromatic rings. The molecule has 1 rings (SSSR count). The van der Waals surface area contributed by atoms with Gasteiger partial charge in [-0.15, -0.1) is 0 Å². The summed E-state index contributed by atoms with van der Waals surface area (Å²) in [6.45, 7) is 7.68. The largest absolute Gasteiger partial charge is 0.423 e. The highest BCUT2D eigenvalue weighted by Crippen LogP contribution is 2.38. The van der Waals surface area contributed by atoms with Crippen molar-refractivity contribution >= 4 is 11.4 Å². The molecule has 0 fully saturated rings. The molecule has 0 aromatic heterocycles. The van der Waals surface area contributed by atoms with E-state index in [1.807, 2.05) is 27.7 Å². The Hall–Kier alpha value is -1.79. The Labute approximate surface area is 115 Å². The van der Waals surface area contributed by atoms with Crippen molar-refractivity contribution in [3.63, 3.8) is 0 Å². The monoisotopic (exact) mass is 290 g/mol. The topological polar surface area (TPSA) is 55.2 Å². The van der Waals surface area contributed by atoms with Gasteiger partial charge in [-0.3, -0.25) is 10.1 Å². The number of halogens is 3. The summed E-state index contributed by atoms with van der Waals surface area (Å²) in [5, 5.41) is 13.6. The third kappa shape index (κ3) is 3.85. The van der Waals surface area contributed by atoms with Gasteiger partial charge < -0.3 is 5.32 Å². The molecule has 7 heteroatoms. The molecule has 1 N–H and O–H groups in total. The zero-order chi connectivity index (χ0) is 15.7. The Morgan fingerprint density at radius 1 is 1.25 bits per heavy atom. The van der Waals surface area contributed by atoms with Crippen molar-refractivity contribution in [3.05, 3.63) is 33.9 Å². The van der Waals surface area contributed by atoms with Crippen LogP contribution in [-0.4, -0.2) is 11.0 Å². The maximum atomic E-state index is 12.8. The molecule has 0 aliphatic heterocycles. The van der Waals surface area contributed by atoms with E-state index in [1.165, 1.54) is 6.07 Å². The van der Waals surface area contributed by atoms with Crippen molar-refractivity contribution in [2.45, 2.75) is 39.9 Å². The highest BCUT2D eigenvalue weighted by molar-refractivity contribution is 5.55. The molecule has 1 aromatic carbocycles. The molecule has 1 unspecified atom stereocenters. The fourth-order valence-electron chi connectivity index (χ4n) is 1.48. The van der Waals surface area contributed by atoms with Crippen LogP contribution in [0.2, 0.25) is 0 Å². The molecular weight excluding hydrogens is 273 g/mol. The van der Waals surface area contributed by atoms with Gasteiger partial charge in [-0.2, -0.15) is 13.2 Å². The van der Waals surface area contributed by atoms with Crippen molar-refractivity contribution in [1.82, 2.24) is 0 Å². The summed E-state index contributed by atoms with van der Waals surface area (Å²) < 4.78 is 38.5. The van der Waals surface area contributed by atoms with Crippen molar-refractivity contribution < 1.29 is 18.1 Å². The maximum absolute atomic E-state index is 12.8. The van der Waals surface area contributed by atoms with Crippen LogP contribution >= 0.6 is 0 Å². The SMILES string of the molecule is CC(Nc1ccc([N+](=O)[O-])c(C(F)(F)F)c1)C(C)(C)C. The number of benzene rings is 1. The van der Waals surface area contributed by atoms with E-state index in [1.54, 1.807) is 0 Å². The predicted octanol–water partition coefficient (Wildman–Crippen LogP) is 4.46. The van der Waals surface area contributed by atoms with Crippen molar-refractivity contribution in [2.24, 2.45) is 5.41 Å². The van der Waals surface area contributed by atoms with Gasteiger partial charge >= 0.3 is 6.18 Å². The second-order valence-electron chi connectivity index (χ2n) is 5.72. The molecule has 112 valence electrons. The number of hydrogen-bond donors (Lipinski definition) is 1. The van der Waals surface area contributed by atoms with Gasteiger partial charge in [0.05, 0.1) is 4.92 Å². The summed E-state index contributed by atoms with van der Waals surface area (Å²) in [5.41, 5.74) is -2.12. The van der Waals surface area contributed by atoms with Crippen LogP contribution in [0, 0.1) is 15.5 Å². The lowest BCUT2D eigenvalue weighted by Gasteiger charge is -2.29. The first-order chi connectivity index (χ1) is 8.93. The maximum Gasteiger partial charge on any atom is 0.423 e. The van der Waals surface area contributed by atoms with E-state index in [4.69, 9.17) is 0 Å². The highest BCUT2D eigenvalue weighted by Gasteiger charge is 2.38. The van der Waals surface area contributed by atoms with Crippen LogP contribution in [0.15, 0.2) is 18.2 Å². The Morgan fingerprint density at radius 2 is 1.80 bits per heavy atom. The molecule has 0 bridgehead atoms. The third-order valence-electron chi connectivity index (χ3n) is 3.18. The third-order valence-corrected chi connectivity index (χ3v) is 3.18. The first kappa shape index (κ1) is 16.3. The van der Waals surface area contributed by atoms with Gasteiger partial charge in [0.15, 0.2) is 0 Å². The Kier molecular flexibility index (Phi) is 4.31. The number of hydrogen-bond acceptors (Lipinski definition) is 3. The minimum absolute atomic E-state index is 0.0926. The van der Waals surface area contributed by atoms with E-state index in [0.29, 0.717) is 0 Å².